The maximum absolute atomic E-state index is 13.7. The lowest BCUT2D eigenvalue weighted by atomic mass is 9.99. The van der Waals surface area contributed by atoms with Crippen molar-refractivity contribution in [2.45, 2.75) is 84.9 Å². The highest BCUT2D eigenvalue weighted by atomic mass is 16.5. The van der Waals surface area contributed by atoms with E-state index in [0.29, 0.717) is 57.2 Å². The van der Waals surface area contributed by atoms with E-state index in [1.54, 1.807) is 0 Å². The molecule has 1 fully saturated rings. The van der Waals surface area contributed by atoms with Crippen LogP contribution in [0.15, 0.2) is 54.6 Å². The number of hydrogen-bond donors (Lipinski definition) is 2. The summed E-state index contributed by atoms with van der Waals surface area (Å²) in [5.74, 6) is 1.48. The molecule has 0 radical (unpaired) electrons. The van der Waals surface area contributed by atoms with Gasteiger partial charge in [-0.2, -0.15) is 0 Å². The second-order valence-corrected chi connectivity index (χ2v) is 12.6. The molecule has 236 valence electrons. The summed E-state index contributed by atoms with van der Waals surface area (Å²) in [5.41, 5.74) is 2.03. The molecular weight excluding hydrogens is 540 g/mol. The molecule has 43 heavy (non-hydrogen) atoms. The summed E-state index contributed by atoms with van der Waals surface area (Å²) in [5, 5.41) is 6.12. The summed E-state index contributed by atoms with van der Waals surface area (Å²) >= 11 is 0. The number of likely N-dealkylation sites (tertiary alicyclic amines) is 1. The summed E-state index contributed by atoms with van der Waals surface area (Å²) in [6.07, 6.45) is 4.27. The summed E-state index contributed by atoms with van der Waals surface area (Å²) < 4.78 is 5.93. The van der Waals surface area contributed by atoms with Gasteiger partial charge in [-0.05, 0) is 74.4 Å². The average molecular weight is 593 g/mol. The van der Waals surface area contributed by atoms with Gasteiger partial charge in [0, 0.05) is 32.5 Å². The molecule has 3 rings (SSSR count). The minimum atomic E-state index is -0.717. The van der Waals surface area contributed by atoms with Gasteiger partial charge in [0.1, 0.15) is 18.4 Å². The quantitative estimate of drug-likeness (QED) is 0.243. The van der Waals surface area contributed by atoms with Crippen LogP contribution >= 0.6 is 0 Å². The highest BCUT2D eigenvalue weighted by molar-refractivity contribution is 5.90. The first-order chi connectivity index (χ1) is 20.6. The van der Waals surface area contributed by atoms with Crippen molar-refractivity contribution in [3.63, 3.8) is 0 Å². The van der Waals surface area contributed by atoms with Crippen LogP contribution in [0.25, 0.3) is 0 Å². The van der Waals surface area contributed by atoms with E-state index in [-0.39, 0.29) is 23.8 Å². The number of nitrogens with zero attached hydrogens (tertiary/aromatic N) is 2. The Labute approximate surface area is 258 Å². The number of rotatable bonds is 18. The zero-order valence-corrected chi connectivity index (χ0v) is 26.8. The van der Waals surface area contributed by atoms with Gasteiger partial charge in [-0.25, -0.2) is 0 Å². The second kappa shape index (κ2) is 17.7. The monoisotopic (exact) mass is 592 g/mol. The molecule has 1 aliphatic rings. The van der Waals surface area contributed by atoms with Crippen molar-refractivity contribution in [3.8, 4) is 5.75 Å². The Morgan fingerprint density at radius 2 is 1.67 bits per heavy atom. The topological polar surface area (TPSA) is 91.0 Å². The molecule has 1 saturated heterocycles. The molecule has 2 aromatic rings. The fraction of sp³-hybridized carbons (Fsp3) is 0.571. The van der Waals surface area contributed by atoms with Gasteiger partial charge in [0.15, 0.2) is 0 Å². The summed E-state index contributed by atoms with van der Waals surface area (Å²) in [6, 6.07) is 16.7. The number of nitrogens with one attached hydrogen (secondary N) is 2. The first kappa shape index (κ1) is 34.1. The van der Waals surface area contributed by atoms with E-state index in [2.05, 4.69) is 43.2 Å². The van der Waals surface area contributed by atoms with Crippen LogP contribution in [0.5, 0.6) is 5.75 Å². The number of benzene rings is 2. The van der Waals surface area contributed by atoms with E-state index in [9.17, 15) is 14.4 Å². The Morgan fingerprint density at radius 3 is 2.30 bits per heavy atom. The number of ether oxygens (including phenoxy) is 1. The van der Waals surface area contributed by atoms with Crippen molar-refractivity contribution in [2.75, 3.05) is 33.2 Å². The van der Waals surface area contributed by atoms with Crippen molar-refractivity contribution in [1.29, 1.82) is 0 Å². The van der Waals surface area contributed by atoms with E-state index in [1.807, 2.05) is 66.5 Å². The van der Waals surface area contributed by atoms with E-state index < -0.39 is 6.04 Å². The molecular formula is C35H52N4O4. The van der Waals surface area contributed by atoms with Crippen molar-refractivity contribution in [3.05, 3.63) is 65.7 Å². The Balaban J connectivity index is 1.66. The van der Waals surface area contributed by atoms with Crippen LogP contribution in [-0.2, 0) is 27.4 Å². The molecule has 3 amide bonds. The van der Waals surface area contributed by atoms with Crippen LogP contribution in [-0.4, -0.2) is 72.8 Å². The molecule has 1 heterocycles. The van der Waals surface area contributed by atoms with Crippen LogP contribution in [0.2, 0.25) is 0 Å². The molecule has 8 heteroatoms. The first-order valence-corrected chi connectivity index (χ1v) is 15.9. The Hall–Kier alpha value is -3.39. The SMILES string of the molecule is CC(C)CCN(C)[C@@H](CC(C)C)C(=O)N[C@@H](Cc1ccc(OCc2ccccc2)cc1)C(=O)NCCCN1CCCC1=O. The molecule has 0 saturated carbocycles. The van der Waals surface area contributed by atoms with Gasteiger partial charge in [-0.1, -0.05) is 70.2 Å². The van der Waals surface area contributed by atoms with E-state index in [0.717, 1.165) is 42.8 Å². The van der Waals surface area contributed by atoms with Gasteiger partial charge in [0.2, 0.25) is 17.7 Å². The molecule has 0 aliphatic carbocycles. The van der Waals surface area contributed by atoms with Crippen molar-refractivity contribution >= 4 is 17.7 Å². The minimum absolute atomic E-state index is 0.120. The highest BCUT2D eigenvalue weighted by Gasteiger charge is 2.29. The molecule has 0 unspecified atom stereocenters. The highest BCUT2D eigenvalue weighted by Crippen LogP contribution is 2.17. The average Bonchev–Trinajstić information content (AvgIpc) is 3.40. The van der Waals surface area contributed by atoms with Gasteiger partial charge < -0.3 is 20.3 Å². The Morgan fingerprint density at radius 1 is 0.953 bits per heavy atom. The zero-order chi connectivity index (χ0) is 31.2. The first-order valence-electron chi connectivity index (χ1n) is 15.9. The third-order valence-electron chi connectivity index (χ3n) is 7.91. The number of carbonyl (C=O) groups excluding carboxylic acids is 3. The molecule has 2 N–H and O–H groups in total. The lowest BCUT2D eigenvalue weighted by Crippen LogP contribution is -2.54. The summed E-state index contributed by atoms with van der Waals surface area (Å²) in [7, 11) is 2.00. The van der Waals surface area contributed by atoms with Gasteiger partial charge >= 0.3 is 0 Å². The summed E-state index contributed by atoms with van der Waals surface area (Å²) in [6.45, 7) is 11.8. The fourth-order valence-electron chi connectivity index (χ4n) is 5.27. The summed E-state index contributed by atoms with van der Waals surface area (Å²) in [4.78, 5) is 43.0. The van der Waals surface area contributed by atoms with Gasteiger partial charge in [0.25, 0.3) is 0 Å². The van der Waals surface area contributed by atoms with Crippen LogP contribution in [0.4, 0.5) is 0 Å². The smallest absolute Gasteiger partial charge is 0.242 e. The van der Waals surface area contributed by atoms with Crippen LogP contribution in [0.3, 0.4) is 0 Å². The number of carbonyl (C=O) groups is 3. The normalized spacial score (nSPS) is 14.8. The van der Waals surface area contributed by atoms with Gasteiger partial charge in [-0.15, -0.1) is 0 Å². The third kappa shape index (κ3) is 12.0. The van der Waals surface area contributed by atoms with Crippen molar-refractivity contribution in [1.82, 2.24) is 20.4 Å². The van der Waals surface area contributed by atoms with Crippen molar-refractivity contribution < 1.29 is 19.1 Å². The zero-order valence-electron chi connectivity index (χ0n) is 26.8. The molecule has 2 aromatic carbocycles. The maximum Gasteiger partial charge on any atom is 0.242 e. The second-order valence-electron chi connectivity index (χ2n) is 12.6. The lowest BCUT2D eigenvalue weighted by Gasteiger charge is -2.30. The van der Waals surface area contributed by atoms with E-state index in [1.165, 1.54) is 0 Å². The maximum atomic E-state index is 13.7. The molecule has 1 aliphatic heterocycles. The number of amides is 3. The Bertz CT molecular complexity index is 1140. The molecule has 8 nitrogen and oxygen atoms in total. The third-order valence-corrected chi connectivity index (χ3v) is 7.91. The standard InChI is InChI=1S/C35H52N4O4/c1-26(2)18-22-38(5)32(23-27(3)4)35(42)37-31(34(41)36-19-10-21-39-20-9-13-33(39)40)24-28-14-16-30(17-15-28)43-25-29-11-7-6-8-12-29/h6-8,11-12,14-17,26-27,31-32H,9-10,13,18-25H2,1-5H3,(H,36,41)(H,37,42)/t31-,32-/m0/s1. The van der Waals surface area contributed by atoms with Gasteiger partial charge in [0.05, 0.1) is 6.04 Å². The fourth-order valence-corrected chi connectivity index (χ4v) is 5.27. The van der Waals surface area contributed by atoms with E-state index in [4.69, 9.17) is 4.74 Å². The largest absolute Gasteiger partial charge is 0.489 e. The van der Waals surface area contributed by atoms with Crippen LogP contribution < -0.4 is 15.4 Å². The molecule has 0 aromatic heterocycles. The predicted octanol–water partition coefficient (Wildman–Crippen LogP) is 4.81. The van der Waals surface area contributed by atoms with Crippen LogP contribution in [0, 0.1) is 11.8 Å². The van der Waals surface area contributed by atoms with E-state index >= 15 is 0 Å². The number of likely N-dealkylation sites (N-methyl/N-ethyl adjacent to an activating group) is 1. The lowest BCUT2D eigenvalue weighted by molar-refractivity contribution is -0.132. The minimum Gasteiger partial charge on any atom is -0.489 e. The number of hydrogen-bond acceptors (Lipinski definition) is 5. The predicted molar refractivity (Wildman–Crippen MR) is 172 cm³/mol. The van der Waals surface area contributed by atoms with Crippen LogP contribution in [0.1, 0.15) is 70.9 Å². The van der Waals surface area contributed by atoms with Crippen molar-refractivity contribution in [2.24, 2.45) is 11.8 Å². The Kier molecular flexibility index (Phi) is 14.0. The molecule has 0 bridgehead atoms. The van der Waals surface area contributed by atoms with Gasteiger partial charge in [-0.3, -0.25) is 19.3 Å². The molecule has 2 atom stereocenters. The molecule has 0 spiro atoms.